The van der Waals surface area contributed by atoms with Crippen molar-refractivity contribution >= 4 is 23.2 Å². The van der Waals surface area contributed by atoms with E-state index in [1.807, 2.05) is 38.1 Å². The summed E-state index contributed by atoms with van der Waals surface area (Å²) in [4.78, 5) is 25.2. The molecule has 3 rings (SSSR count). The van der Waals surface area contributed by atoms with Gasteiger partial charge in [0.2, 0.25) is 11.8 Å². The largest absolute Gasteiger partial charge is 0.491 e. The van der Waals surface area contributed by atoms with Gasteiger partial charge in [0, 0.05) is 23.5 Å². The molecule has 0 spiro atoms. The molecule has 8 heteroatoms. The number of amides is 2. The number of aliphatic hydroxyl groups is 2. The van der Waals surface area contributed by atoms with Crippen molar-refractivity contribution in [1.29, 1.82) is 0 Å². The average molecular weight is 428 g/mol. The van der Waals surface area contributed by atoms with Gasteiger partial charge in [-0.25, -0.2) is 0 Å². The fourth-order valence-corrected chi connectivity index (χ4v) is 3.38. The van der Waals surface area contributed by atoms with Crippen LogP contribution in [0.15, 0.2) is 36.4 Å². The second-order valence-electron chi connectivity index (χ2n) is 7.64. The first-order chi connectivity index (χ1) is 14.9. The highest BCUT2D eigenvalue weighted by atomic mass is 16.5. The van der Waals surface area contributed by atoms with Crippen molar-refractivity contribution in [3.63, 3.8) is 0 Å². The van der Waals surface area contributed by atoms with Crippen LogP contribution in [-0.4, -0.2) is 48.5 Å². The Labute approximate surface area is 181 Å². The van der Waals surface area contributed by atoms with Gasteiger partial charge >= 0.3 is 0 Å². The van der Waals surface area contributed by atoms with Gasteiger partial charge in [0.1, 0.15) is 24.7 Å². The van der Waals surface area contributed by atoms with Crippen molar-refractivity contribution in [3.05, 3.63) is 47.5 Å². The first-order valence-corrected chi connectivity index (χ1v) is 10.2. The molecule has 1 aliphatic carbocycles. The second-order valence-corrected chi connectivity index (χ2v) is 7.64. The SMILES string of the molecule is Cc1cc(NC(=O)C2CC2C(=O)Nc2cc(C)cc(OCCO)c2)cc(OCCO)c1. The number of ether oxygens (including phenoxy) is 2. The van der Waals surface area contributed by atoms with Gasteiger partial charge in [-0.2, -0.15) is 0 Å². The van der Waals surface area contributed by atoms with E-state index >= 15 is 0 Å². The number of benzene rings is 2. The van der Waals surface area contributed by atoms with Crippen LogP contribution in [-0.2, 0) is 9.59 Å². The Morgan fingerprint density at radius 3 is 1.61 bits per heavy atom. The summed E-state index contributed by atoms with van der Waals surface area (Å²) in [6.45, 7) is 3.93. The second kappa shape index (κ2) is 10.3. The Balaban J connectivity index is 1.57. The molecule has 1 aliphatic rings. The van der Waals surface area contributed by atoms with E-state index < -0.39 is 11.8 Å². The fourth-order valence-electron chi connectivity index (χ4n) is 3.38. The van der Waals surface area contributed by atoms with Crippen molar-refractivity contribution < 1.29 is 29.3 Å². The minimum absolute atomic E-state index is 0.0928. The lowest BCUT2D eigenvalue weighted by molar-refractivity contribution is -0.122. The molecule has 2 amide bonds. The number of hydrogen-bond acceptors (Lipinski definition) is 6. The average Bonchev–Trinajstić information content (AvgIpc) is 3.51. The minimum atomic E-state index is -0.391. The van der Waals surface area contributed by atoms with Gasteiger partial charge in [-0.1, -0.05) is 0 Å². The Hall–Kier alpha value is -3.10. The number of hydrogen-bond donors (Lipinski definition) is 4. The zero-order valence-corrected chi connectivity index (χ0v) is 17.7. The molecule has 166 valence electrons. The van der Waals surface area contributed by atoms with Crippen molar-refractivity contribution in [2.24, 2.45) is 11.8 Å². The summed E-state index contributed by atoms with van der Waals surface area (Å²) in [6, 6.07) is 10.7. The van der Waals surface area contributed by atoms with Gasteiger partial charge < -0.3 is 30.3 Å². The van der Waals surface area contributed by atoms with Gasteiger partial charge in [-0.05, 0) is 55.7 Å². The zero-order chi connectivity index (χ0) is 22.4. The lowest BCUT2D eigenvalue weighted by Gasteiger charge is -2.11. The monoisotopic (exact) mass is 428 g/mol. The van der Waals surface area contributed by atoms with Crippen LogP contribution < -0.4 is 20.1 Å². The molecule has 0 bridgehead atoms. The van der Waals surface area contributed by atoms with E-state index in [1.165, 1.54) is 0 Å². The number of anilines is 2. The van der Waals surface area contributed by atoms with Crippen LogP contribution in [0.2, 0.25) is 0 Å². The molecule has 0 aliphatic heterocycles. The number of aryl methyl sites for hydroxylation is 2. The van der Waals surface area contributed by atoms with Gasteiger partial charge in [0.05, 0.1) is 25.0 Å². The maximum Gasteiger partial charge on any atom is 0.228 e. The van der Waals surface area contributed by atoms with Gasteiger partial charge in [-0.15, -0.1) is 0 Å². The molecule has 0 aromatic heterocycles. The van der Waals surface area contributed by atoms with E-state index in [1.54, 1.807) is 12.1 Å². The maximum atomic E-state index is 12.6. The molecule has 4 N–H and O–H groups in total. The van der Waals surface area contributed by atoms with Crippen LogP contribution in [0, 0.1) is 25.7 Å². The molecule has 2 aromatic carbocycles. The Morgan fingerprint density at radius 2 is 1.23 bits per heavy atom. The van der Waals surface area contributed by atoms with Crippen LogP contribution in [0.1, 0.15) is 17.5 Å². The number of rotatable bonds is 10. The molecule has 1 saturated carbocycles. The molecule has 2 atom stereocenters. The maximum absolute atomic E-state index is 12.6. The van der Waals surface area contributed by atoms with E-state index in [9.17, 15) is 9.59 Å². The van der Waals surface area contributed by atoms with E-state index in [0.717, 1.165) is 11.1 Å². The summed E-state index contributed by atoms with van der Waals surface area (Å²) in [7, 11) is 0. The molecule has 2 unspecified atom stereocenters. The predicted octanol–water partition coefficient (Wildman–Crippen LogP) is 2.26. The minimum Gasteiger partial charge on any atom is -0.491 e. The van der Waals surface area contributed by atoms with Gasteiger partial charge in [0.25, 0.3) is 0 Å². The molecule has 0 saturated heterocycles. The molecule has 0 radical (unpaired) electrons. The van der Waals surface area contributed by atoms with Gasteiger partial charge in [-0.3, -0.25) is 9.59 Å². The highest BCUT2D eigenvalue weighted by molar-refractivity contribution is 6.03. The lowest BCUT2D eigenvalue weighted by Crippen LogP contribution is -2.20. The summed E-state index contributed by atoms with van der Waals surface area (Å²) in [5, 5.41) is 23.5. The van der Waals surface area contributed by atoms with Crippen LogP contribution in [0.3, 0.4) is 0 Å². The summed E-state index contributed by atoms with van der Waals surface area (Å²) in [5.74, 6) is -0.0826. The zero-order valence-electron chi connectivity index (χ0n) is 17.7. The number of carbonyl (C=O) groups excluding carboxylic acids is 2. The smallest absolute Gasteiger partial charge is 0.228 e. The first-order valence-electron chi connectivity index (χ1n) is 10.2. The number of carbonyl (C=O) groups is 2. The van der Waals surface area contributed by atoms with Crippen LogP contribution >= 0.6 is 0 Å². The molecule has 0 heterocycles. The predicted molar refractivity (Wildman–Crippen MR) is 116 cm³/mol. The first kappa shape index (κ1) is 22.6. The van der Waals surface area contributed by atoms with Crippen molar-refractivity contribution in [1.82, 2.24) is 0 Å². The highest BCUT2D eigenvalue weighted by Gasteiger charge is 2.48. The van der Waals surface area contributed by atoms with Crippen LogP contribution in [0.4, 0.5) is 11.4 Å². The third kappa shape index (κ3) is 6.44. The Kier molecular flexibility index (Phi) is 7.49. The Bertz CT molecular complexity index is 870. The molecular weight excluding hydrogens is 400 g/mol. The molecule has 2 aromatic rings. The molecule has 31 heavy (non-hydrogen) atoms. The standard InChI is InChI=1S/C23H28N2O6/c1-14-7-16(11-18(9-14)30-5-3-26)24-22(28)20-13-21(20)23(29)25-17-8-15(2)10-19(12-17)31-6-4-27/h7-12,20-21,26-27H,3-6,13H2,1-2H3,(H,24,28)(H,25,29). The topological polar surface area (TPSA) is 117 Å². The molecule has 8 nitrogen and oxygen atoms in total. The van der Waals surface area contributed by atoms with Crippen molar-refractivity contribution in [2.45, 2.75) is 20.3 Å². The van der Waals surface area contributed by atoms with Crippen molar-refractivity contribution in [2.75, 3.05) is 37.1 Å². The fraction of sp³-hybridized carbons (Fsp3) is 0.391. The summed E-state index contributed by atoms with van der Waals surface area (Å²) in [6.07, 6.45) is 0.483. The molecular formula is C23H28N2O6. The summed E-state index contributed by atoms with van der Waals surface area (Å²) in [5.41, 5.74) is 3.01. The van der Waals surface area contributed by atoms with E-state index in [-0.39, 0.29) is 38.2 Å². The highest BCUT2D eigenvalue weighted by Crippen LogP contribution is 2.40. The number of nitrogens with one attached hydrogen (secondary N) is 2. The number of aliphatic hydroxyl groups excluding tert-OH is 2. The third-order valence-electron chi connectivity index (χ3n) is 4.82. The molecule has 1 fully saturated rings. The summed E-state index contributed by atoms with van der Waals surface area (Å²) >= 11 is 0. The van der Waals surface area contributed by atoms with E-state index in [4.69, 9.17) is 19.7 Å². The lowest BCUT2D eigenvalue weighted by atomic mass is 10.2. The normalized spacial score (nSPS) is 17.0. The van der Waals surface area contributed by atoms with Crippen LogP contribution in [0.5, 0.6) is 11.5 Å². The van der Waals surface area contributed by atoms with Crippen LogP contribution in [0.25, 0.3) is 0 Å². The van der Waals surface area contributed by atoms with Crippen molar-refractivity contribution in [3.8, 4) is 11.5 Å². The van der Waals surface area contributed by atoms with E-state index in [0.29, 0.717) is 29.3 Å². The summed E-state index contributed by atoms with van der Waals surface area (Å²) < 4.78 is 10.8. The Morgan fingerprint density at radius 1 is 0.806 bits per heavy atom. The third-order valence-corrected chi connectivity index (χ3v) is 4.82. The quantitative estimate of drug-likeness (QED) is 0.461. The van der Waals surface area contributed by atoms with E-state index in [2.05, 4.69) is 10.6 Å². The van der Waals surface area contributed by atoms with Gasteiger partial charge in [0.15, 0.2) is 0 Å².